The van der Waals surface area contributed by atoms with Crippen molar-refractivity contribution in [3.63, 3.8) is 0 Å². The molecule has 0 aromatic rings. The van der Waals surface area contributed by atoms with E-state index in [1.807, 2.05) is 4.90 Å². The molecule has 1 N–H and O–H groups in total. The zero-order valence-corrected chi connectivity index (χ0v) is 12.6. The molecule has 1 fully saturated rings. The van der Waals surface area contributed by atoms with Gasteiger partial charge in [-0.2, -0.15) is 0 Å². The van der Waals surface area contributed by atoms with Gasteiger partial charge >= 0.3 is 0 Å². The number of aliphatic hydroxyl groups is 1. The van der Waals surface area contributed by atoms with Gasteiger partial charge in [-0.1, -0.05) is 0 Å². The van der Waals surface area contributed by atoms with Crippen molar-refractivity contribution in [1.82, 2.24) is 4.90 Å². The number of hydrogen-bond acceptors (Lipinski definition) is 4. The predicted molar refractivity (Wildman–Crippen MR) is 72.9 cm³/mol. The first-order valence-electron chi connectivity index (χ1n) is 6.85. The van der Waals surface area contributed by atoms with Crippen LogP contribution in [-0.4, -0.2) is 62.0 Å². The number of piperidine rings is 1. The van der Waals surface area contributed by atoms with Gasteiger partial charge in [-0.15, -0.1) is 0 Å². The van der Waals surface area contributed by atoms with Crippen LogP contribution in [0.1, 0.15) is 33.1 Å². The molecule has 112 valence electrons. The molecule has 1 aliphatic heterocycles. The van der Waals surface area contributed by atoms with Crippen LogP contribution in [0.15, 0.2) is 0 Å². The van der Waals surface area contributed by atoms with Gasteiger partial charge in [0.15, 0.2) is 0 Å². The van der Waals surface area contributed by atoms with Crippen LogP contribution in [0.2, 0.25) is 0 Å². The van der Waals surface area contributed by atoms with E-state index in [9.17, 15) is 9.90 Å². The molecule has 1 unspecified atom stereocenters. The van der Waals surface area contributed by atoms with Gasteiger partial charge in [0.05, 0.1) is 6.61 Å². The molecule has 5 heteroatoms. The molecule has 0 aliphatic carbocycles. The van der Waals surface area contributed by atoms with Gasteiger partial charge in [-0.05, 0) is 33.1 Å². The third kappa shape index (κ3) is 3.91. The summed E-state index contributed by atoms with van der Waals surface area (Å²) in [6.07, 6.45) is 2.62. The molecular formula is C14H27NO4. The number of methoxy groups -OCH3 is 2. The summed E-state index contributed by atoms with van der Waals surface area (Å²) in [7, 11) is 3.21. The number of likely N-dealkylation sites (tertiary alicyclic amines) is 1. The van der Waals surface area contributed by atoms with Crippen LogP contribution in [0, 0.1) is 5.41 Å². The zero-order valence-electron chi connectivity index (χ0n) is 12.6. The topological polar surface area (TPSA) is 59.0 Å². The maximum atomic E-state index is 12.4. The number of carbonyl (C=O) groups is 1. The second-order valence-corrected chi connectivity index (χ2v) is 5.95. The molecule has 1 rings (SSSR count). The number of nitrogens with zero attached hydrogens (tertiary/aromatic N) is 1. The van der Waals surface area contributed by atoms with Crippen LogP contribution in [0.3, 0.4) is 0 Å². The number of aliphatic hydroxyl groups excluding tert-OH is 1. The fourth-order valence-corrected chi connectivity index (χ4v) is 2.58. The molecule has 19 heavy (non-hydrogen) atoms. The van der Waals surface area contributed by atoms with Crippen molar-refractivity contribution in [2.24, 2.45) is 5.41 Å². The molecule has 5 nitrogen and oxygen atoms in total. The summed E-state index contributed by atoms with van der Waals surface area (Å²) in [4.78, 5) is 14.2. The minimum Gasteiger partial charge on any atom is -0.396 e. The molecule has 0 aromatic carbocycles. The Labute approximate surface area is 115 Å². The normalized spacial score (nSPS) is 24.6. The van der Waals surface area contributed by atoms with Crippen LogP contribution in [0.25, 0.3) is 0 Å². The molecule has 1 aliphatic rings. The number of ether oxygens (including phenoxy) is 2. The van der Waals surface area contributed by atoms with Gasteiger partial charge in [0.25, 0.3) is 5.91 Å². The molecule has 1 amide bonds. The average Bonchev–Trinajstić information content (AvgIpc) is 2.44. The second kappa shape index (κ2) is 6.68. The SMILES string of the molecule is COCCC1(CO)CCCN(C(=O)C(C)(C)OC)C1. The minimum absolute atomic E-state index is 0.00931. The molecule has 0 saturated carbocycles. The Hall–Kier alpha value is -0.650. The molecule has 1 saturated heterocycles. The van der Waals surface area contributed by atoms with E-state index in [4.69, 9.17) is 9.47 Å². The Balaban J connectivity index is 2.75. The van der Waals surface area contributed by atoms with Gasteiger partial charge in [0, 0.05) is 39.3 Å². The monoisotopic (exact) mass is 273 g/mol. The van der Waals surface area contributed by atoms with Crippen molar-refractivity contribution in [2.75, 3.05) is 40.5 Å². The Kier molecular flexibility index (Phi) is 5.77. The standard InChI is InChI=1S/C14H27NO4/c1-13(2,19-4)12(17)15-8-5-6-14(10-15,11-16)7-9-18-3/h16H,5-11H2,1-4H3. The maximum Gasteiger partial charge on any atom is 0.254 e. The van der Waals surface area contributed by atoms with E-state index in [0.717, 1.165) is 25.8 Å². The van der Waals surface area contributed by atoms with Crippen molar-refractivity contribution in [3.8, 4) is 0 Å². The summed E-state index contributed by atoms with van der Waals surface area (Å²) in [5.41, 5.74) is -1.03. The van der Waals surface area contributed by atoms with Gasteiger partial charge in [0.2, 0.25) is 0 Å². The van der Waals surface area contributed by atoms with Crippen LogP contribution >= 0.6 is 0 Å². The van der Waals surface area contributed by atoms with Crippen molar-refractivity contribution in [3.05, 3.63) is 0 Å². The van der Waals surface area contributed by atoms with E-state index in [1.165, 1.54) is 0 Å². The summed E-state index contributed by atoms with van der Waals surface area (Å²) in [6, 6.07) is 0. The number of amides is 1. The van der Waals surface area contributed by atoms with E-state index in [2.05, 4.69) is 0 Å². The molecule has 0 spiro atoms. The van der Waals surface area contributed by atoms with E-state index >= 15 is 0 Å². The smallest absolute Gasteiger partial charge is 0.254 e. The molecule has 1 heterocycles. The number of carbonyl (C=O) groups excluding carboxylic acids is 1. The molecule has 0 bridgehead atoms. The van der Waals surface area contributed by atoms with E-state index in [0.29, 0.717) is 13.2 Å². The lowest BCUT2D eigenvalue weighted by atomic mass is 9.77. The minimum atomic E-state index is -0.806. The molecule has 0 aromatic heterocycles. The summed E-state index contributed by atoms with van der Waals surface area (Å²) in [5, 5.41) is 9.70. The third-order valence-electron chi connectivity index (χ3n) is 4.15. The van der Waals surface area contributed by atoms with Crippen molar-refractivity contribution >= 4 is 5.91 Å². The average molecular weight is 273 g/mol. The Morgan fingerprint density at radius 1 is 1.42 bits per heavy atom. The van der Waals surface area contributed by atoms with E-state index in [1.54, 1.807) is 28.1 Å². The van der Waals surface area contributed by atoms with Crippen LogP contribution in [-0.2, 0) is 14.3 Å². The Morgan fingerprint density at radius 3 is 2.63 bits per heavy atom. The van der Waals surface area contributed by atoms with Crippen molar-refractivity contribution in [1.29, 1.82) is 0 Å². The van der Waals surface area contributed by atoms with Gasteiger partial charge < -0.3 is 19.5 Å². The highest BCUT2D eigenvalue weighted by molar-refractivity contribution is 5.84. The highest BCUT2D eigenvalue weighted by Gasteiger charge is 2.40. The lowest BCUT2D eigenvalue weighted by Crippen LogP contribution is -2.54. The largest absolute Gasteiger partial charge is 0.396 e. The molecular weight excluding hydrogens is 246 g/mol. The maximum absolute atomic E-state index is 12.4. The van der Waals surface area contributed by atoms with E-state index < -0.39 is 5.60 Å². The zero-order chi connectivity index (χ0) is 14.5. The van der Waals surface area contributed by atoms with Gasteiger partial charge in [-0.25, -0.2) is 0 Å². The van der Waals surface area contributed by atoms with Crippen molar-refractivity contribution < 1.29 is 19.4 Å². The predicted octanol–water partition coefficient (Wildman–Crippen LogP) is 1.05. The van der Waals surface area contributed by atoms with Crippen LogP contribution in [0.4, 0.5) is 0 Å². The highest BCUT2D eigenvalue weighted by atomic mass is 16.5. The second-order valence-electron chi connectivity index (χ2n) is 5.95. The third-order valence-corrected chi connectivity index (χ3v) is 4.15. The first kappa shape index (κ1) is 16.4. The van der Waals surface area contributed by atoms with E-state index in [-0.39, 0.29) is 17.9 Å². The number of hydrogen-bond donors (Lipinski definition) is 1. The van der Waals surface area contributed by atoms with Crippen LogP contribution < -0.4 is 0 Å². The first-order chi connectivity index (χ1) is 8.90. The van der Waals surface area contributed by atoms with Crippen molar-refractivity contribution in [2.45, 2.75) is 38.7 Å². The Morgan fingerprint density at radius 2 is 2.11 bits per heavy atom. The molecule has 0 radical (unpaired) electrons. The Bertz CT molecular complexity index is 306. The number of rotatable bonds is 6. The lowest BCUT2D eigenvalue weighted by molar-refractivity contribution is -0.155. The fourth-order valence-electron chi connectivity index (χ4n) is 2.58. The highest BCUT2D eigenvalue weighted by Crippen LogP contribution is 2.34. The van der Waals surface area contributed by atoms with Crippen LogP contribution in [0.5, 0.6) is 0 Å². The molecule has 1 atom stereocenters. The quantitative estimate of drug-likeness (QED) is 0.786. The first-order valence-corrected chi connectivity index (χ1v) is 6.85. The fraction of sp³-hybridized carbons (Fsp3) is 0.929. The van der Waals surface area contributed by atoms with Gasteiger partial charge in [0.1, 0.15) is 5.60 Å². The summed E-state index contributed by atoms with van der Waals surface area (Å²) in [5.74, 6) is -0.00931. The summed E-state index contributed by atoms with van der Waals surface area (Å²) < 4.78 is 10.4. The lowest BCUT2D eigenvalue weighted by Gasteiger charge is -2.43. The van der Waals surface area contributed by atoms with Gasteiger partial charge in [-0.3, -0.25) is 4.79 Å². The summed E-state index contributed by atoms with van der Waals surface area (Å²) in [6.45, 7) is 5.57. The summed E-state index contributed by atoms with van der Waals surface area (Å²) >= 11 is 0.